The normalized spacial score (nSPS) is 12.0. The van der Waals surface area contributed by atoms with Gasteiger partial charge in [-0.15, -0.1) is 10.2 Å². The van der Waals surface area contributed by atoms with E-state index in [-0.39, 0.29) is 11.9 Å². The minimum absolute atomic E-state index is 0.229. The van der Waals surface area contributed by atoms with E-state index in [9.17, 15) is 4.79 Å². The van der Waals surface area contributed by atoms with Crippen LogP contribution in [0.1, 0.15) is 42.6 Å². The van der Waals surface area contributed by atoms with Crippen molar-refractivity contribution in [1.82, 2.24) is 25.1 Å². The molecule has 2 N–H and O–H groups in total. The summed E-state index contributed by atoms with van der Waals surface area (Å²) in [6, 6.07) is 3.33. The lowest BCUT2D eigenvalue weighted by atomic mass is 10.2. The highest BCUT2D eigenvalue weighted by Crippen LogP contribution is 2.10. The van der Waals surface area contributed by atoms with Gasteiger partial charge in [0.2, 0.25) is 0 Å². The third-order valence-electron chi connectivity index (χ3n) is 3.06. The smallest absolute Gasteiger partial charge is 0.270 e. The van der Waals surface area contributed by atoms with Gasteiger partial charge in [0.15, 0.2) is 5.82 Å². The fraction of sp³-hybridized carbons (Fsp3) is 0.429. The topological polar surface area (TPSA) is 84.7 Å². The van der Waals surface area contributed by atoms with E-state index in [4.69, 9.17) is 0 Å². The molecule has 0 saturated carbocycles. The number of anilines is 1. The number of nitrogens with zero attached hydrogens (tertiary/aromatic N) is 4. The van der Waals surface area contributed by atoms with Crippen molar-refractivity contribution in [3.63, 3.8) is 0 Å². The van der Waals surface area contributed by atoms with Gasteiger partial charge in [-0.2, -0.15) is 0 Å². The number of hydrogen-bond acceptors (Lipinski definition) is 5. The molecular formula is C14H20N6O. The molecule has 7 nitrogen and oxygen atoms in total. The van der Waals surface area contributed by atoms with Crippen molar-refractivity contribution in [2.24, 2.45) is 7.05 Å². The molecule has 7 heteroatoms. The van der Waals surface area contributed by atoms with E-state index in [2.05, 4.69) is 32.7 Å². The fourth-order valence-corrected chi connectivity index (χ4v) is 1.92. The number of nitrogens with one attached hydrogen (secondary N) is 2. The van der Waals surface area contributed by atoms with E-state index in [1.165, 1.54) is 0 Å². The van der Waals surface area contributed by atoms with Gasteiger partial charge >= 0.3 is 0 Å². The van der Waals surface area contributed by atoms with Crippen LogP contribution in [0.25, 0.3) is 0 Å². The number of hydrogen-bond donors (Lipinski definition) is 2. The van der Waals surface area contributed by atoms with E-state index in [1.807, 2.05) is 20.0 Å². The standard InChI is InChI=1S/C14H20N6O/c1-4-7-15-11-5-6-12(16-8-11)14(21)18-10(2)13-19-17-9-20(13)3/h5-6,8-10,15H,4,7H2,1-3H3,(H,18,21). The van der Waals surface area contributed by atoms with Crippen LogP contribution in [0.5, 0.6) is 0 Å². The van der Waals surface area contributed by atoms with Gasteiger partial charge in [0.05, 0.1) is 17.9 Å². The largest absolute Gasteiger partial charge is 0.384 e. The molecule has 0 aliphatic heterocycles. The number of carbonyl (C=O) groups is 1. The molecule has 21 heavy (non-hydrogen) atoms. The fourth-order valence-electron chi connectivity index (χ4n) is 1.92. The summed E-state index contributed by atoms with van der Waals surface area (Å²) >= 11 is 0. The highest BCUT2D eigenvalue weighted by Gasteiger charge is 2.16. The predicted octanol–water partition coefficient (Wildman–Crippen LogP) is 1.52. The Balaban J connectivity index is 1.98. The molecule has 0 aliphatic carbocycles. The molecule has 2 aromatic rings. The van der Waals surface area contributed by atoms with E-state index >= 15 is 0 Å². The summed E-state index contributed by atoms with van der Waals surface area (Å²) in [5.74, 6) is 0.470. The van der Waals surface area contributed by atoms with Crippen molar-refractivity contribution in [2.75, 3.05) is 11.9 Å². The van der Waals surface area contributed by atoms with Crippen molar-refractivity contribution in [1.29, 1.82) is 0 Å². The van der Waals surface area contributed by atoms with Gasteiger partial charge in [-0.1, -0.05) is 6.92 Å². The minimum atomic E-state index is -0.232. The molecule has 1 amide bonds. The van der Waals surface area contributed by atoms with Crippen LogP contribution < -0.4 is 10.6 Å². The minimum Gasteiger partial charge on any atom is -0.384 e. The molecule has 1 unspecified atom stereocenters. The zero-order chi connectivity index (χ0) is 15.2. The van der Waals surface area contributed by atoms with Crippen molar-refractivity contribution in [3.05, 3.63) is 36.2 Å². The van der Waals surface area contributed by atoms with E-state index < -0.39 is 0 Å². The summed E-state index contributed by atoms with van der Waals surface area (Å²) in [7, 11) is 1.84. The summed E-state index contributed by atoms with van der Waals surface area (Å²) in [5.41, 5.74) is 1.29. The number of carbonyl (C=O) groups excluding carboxylic acids is 1. The van der Waals surface area contributed by atoms with Crippen LogP contribution in [-0.2, 0) is 7.05 Å². The lowest BCUT2D eigenvalue weighted by Crippen LogP contribution is -2.29. The van der Waals surface area contributed by atoms with Gasteiger partial charge in [-0.25, -0.2) is 4.98 Å². The molecule has 112 valence electrons. The maximum absolute atomic E-state index is 12.1. The van der Waals surface area contributed by atoms with Gasteiger partial charge in [0, 0.05) is 13.6 Å². The van der Waals surface area contributed by atoms with Crippen LogP contribution in [0, 0.1) is 0 Å². The summed E-state index contributed by atoms with van der Waals surface area (Å²) in [6.07, 6.45) is 4.31. The van der Waals surface area contributed by atoms with Gasteiger partial charge in [-0.3, -0.25) is 4.79 Å². The molecule has 0 aliphatic rings. The van der Waals surface area contributed by atoms with Crippen molar-refractivity contribution in [3.8, 4) is 0 Å². The lowest BCUT2D eigenvalue weighted by Gasteiger charge is -2.12. The summed E-state index contributed by atoms with van der Waals surface area (Å²) in [4.78, 5) is 16.3. The Morgan fingerprint density at radius 2 is 2.24 bits per heavy atom. The Bertz CT molecular complexity index is 592. The Morgan fingerprint density at radius 3 is 2.81 bits per heavy atom. The molecule has 2 heterocycles. The predicted molar refractivity (Wildman–Crippen MR) is 79.9 cm³/mol. The Hall–Kier alpha value is -2.44. The number of aryl methyl sites for hydroxylation is 1. The zero-order valence-corrected chi connectivity index (χ0v) is 12.5. The third-order valence-corrected chi connectivity index (χ3v) is 3.06. The maximum Gasteiger partial charge on any atom is 0.270 e. The Kier molecular flexibility index (Phi) is 4.86. The number of rotatable bonds is 6. The average molecular weight is 288 g/mol. The first-order chi connectivity index (χ1) is 10.1. The Labute approximate surface area is 123 Å². The molecule has 1 atom stereocenters. The maximum atomic E-state index is 12.1. The zero-order valence-electron chi connectivity index (χ0n) is 12.5. The van der Waals surface area contributed by atoms with E-state index in [0.29, 0.717) is 11.5 Å². The number of amides is 1. The molecule has 0 aromatic carbocycles. The third kappa shape index (κ3) is 3.77. The lowest BCUT2D eigenvalue weighted by molar-refractivity contribution is 0.0933. The molecule has 0 spiro atoms. The van der Waals surface area contributed by atoms with Crippen molar-refractivity contribution in [2.45, 2.75) is 26.3 Å². The summed E-state index contributed by atoms with van der Waals surface area (Å²) in [5, 5.41) is 13.9. The van der Waals surface area contributed by atoms with Gasteiger partial charge < -0.3 is 15.2 Å². The molecule has 2 aromatic heterocycles. The van der Waals surface area contributed by atoms with E-state index in [0.717, 1.165) is 18.7 Å². The molecule has 0 saturated heterocycles. The molecule has 0 bridgehead atoms. The first-order valence-electron chi connectivity index (χ1n) is 6.96. The molecular weight excluding hydrogens is 268 g/mol. The van der Waals surface area contributed by atoms with Crippen molar-refractivity contribution < 1.29 is 4.79 Å². The van der Waals surface area contributed by atoms with Crippen LogP contribution in [0.2, 0.25) is 0 Å². The van der Waals surface area contributed by atoms with E-state index in [1.54, 1.807) is 23.2 Å². The second-order valence-corrected chi connectivity index (χ2v) is 4.85. The van der Waals surface area contributed by atoms with Crippen LogP contribution in [0.15, 0.2) is 24.7 Å². The highest BCUT2D eigenvalue weighted by atomic mass is 16.1. The highest BCUT2D eigenvalue weighted by molar-refractivity contribution is 5.92. The second kappa shape index (κ2) is 6.83. The summed E-state index contributed by atoms with van der Waals surface area (Å²) < 4.78 is 1.77. The van der Waals surface area contributed by atoms with Crippen LogP contribution in [0.4, 0.5) is 5.69 Å². The SMILES string of the molecule is CCCNc1ccc(C(=O)NC(C)c2nncn2C)nc1. The molecule has 0 fully saturated rings. The van der Waals surface area contributed by atoms with Gasteiger partial charge in [-0.05, 0) is 25.5 Å². The van der Waals surface area contributed by atoms with Gasteiger partial charge in [0.1, 0.15) is 12.0 Å². The molecule has 2 rings (SSSR count). The summed E-state index contributed by atoms with van der Waals surface area (Å²) in [6.45, 7) is 4.84. The second-order valence-electron chi connectivity index (χ2n) is 4.85. The van der Waals surface area contributed by atoms with Gasteiger partial charge in [0.25, 0.3) is 5.91 Å². The van der Waals surface area contributed by atoms with Crippen LogP contribution in [-0.4, -0.2) is 32.2 Å². The first kappa shape index (κ1) is 15.0. The monoisotopic (exact) mass is 288 g/mol. The number of pyridine rings is 1. The van der Waals surface area contributed by atoms with Crippen molar-refractivity contribution >= 4 is 11.6 Å². The number of aromatic nitrogens is 4. The molecule has 0 radical (unpaired) electrons. The Morgan fingerprint density at radius 1 is 1.43 bits per heavy atom. The first-order valence-corrected chi connectivity index (χ1v) is 6.96. The quantitative estimate of drug-likeness (QED) is 0.842. The average Bonchev–Trinajstić information content (AvgIpc) is 2.91. The van der Waals surface area contributed by atoms with Crippen LogP contribution in [0.3, 0.4) is 0 Å². The van der Waals surface area contributed by atoms with Crippen LogP contribution >= 0.6 is 0 Å².